The molecule has 1 aromatic rings. The molecule has 3 aliphatic rings. The topological polar surface area (TPSA) is 12.0 Å². The van der Waals surface area contributed by atoms with E-state index >= 15 is 0 Å². The highest BCUT2D eigenvalue weighted by Crippen LogP contribution is 2.65. The molecule has 0 aliphatic heterocycles. The van der Waals surface area contributed by atoms with Gasteiger partial charge < -0.3 is 5.32 Å². The van der Waals surface area contributed by atoms with Gasteiger partial charge in [-0.3, -0.25) is 0 Å². The van der Waals surface area contributed by atoms with Crippen molar-refractivity contribution in [3.05, 3.63) is 30.3 Å². The fourth-order valence-electron chi connectivity index (χ4n) is 4.25. The summed E-state index contributed by atoms with van der Waals surface area (Å²) in [5.74, 6) is 1.71. The number of fused-ring (bicyclic) bond motifs is 2. The monoisotopic (exact) mass is 229 g/mol. The summed E-state index contributed by atoms with van der Waals surface area (Å²) in [6, 6.07) is 10.7. The summed E-state index contributed by atoms with van der Waals surface area (Å²) >= 11 is 0. The second-order valence-corrected chi connectivity index (χ2v) is 6.56. The molecule has 0 amide bonds. The third-order valence-electron chi connectivity index (χ3n) is 5.67. The zero-order valence-electron chi connectivity index (χ0n) is 11.2. The summed E-state index contributed by atoms with van der Waals surface area (Å²) in [7, 11) is 0. The zero-order valence-corrected chi connectivity index (χ0v) is 11.2. The average molecular weight is 229 g/mol. The lowest BCUT2D eigenvalue weighted by atomic mass is 9.41. The van der Waals surface area contributed by atoms with Crippen LogP contribution in [0.1, 0.15) is 40.0 Å². The first-order valence-corrected chi connectivity index (χ1v) is 6.89. The van der Waals surface area contributed by atoms with Gasteiger partial charge in [0.2, 0.25) is 0 Å². The summed E-state index contributed by atoms with van der Waals surface area (Å²) in [4.78, 5) is 0. The summed E-state index contributed by atoms with van der Waals surface area (Å²) in [6.45, 7) is 7.33. The second-order valence-electron chi connectivity index (χ2n) is 6.56. The Morgan fingerprint density at radius 3 is 2.41 bits per heavy atom. The van der Waals surface area contributed by atoms with E-state index in [2.05, 4.69) is 56.4 Å². The van der Waals surface area contributed by atoms with Gasteiger partial charge in [0.1, 0.15) is 0 Å². The first-order chi connectivity index (χ1) is 8.06. The van der Waals surface area contributed by atoms with Crippen molar-refractivity contribution in [1.29, 1.82) is 0 Å². The van der Waals surface area contributed by atoms with E-state index in [4.69, 9.17) is 0 Å². The summed E-state index contributed by atoms with van der Waals surface area (Å²) in [5.41, 5.74) is 2.06. The summed E-state index contributed by atoms with van der Waals surface area (Å²) in [6.07, 6.45) is 4.16. The van der Waals surface area contributed by atoms with Gasteiger partial charge in [0.25, 0.3) is 0 Å². The van der Waals surface area contributed by atoms with Crippen molar-refractivity contribution in [3.8, 4) is 0 Å². The van der Waals surface area contributed by atoms with Crippen LogP contribution in [0.2, 0.25) is 0 Å². The average Bonchev–Trinajstić information content (AvgIpc) is 2.32. The van der Waals surface area contributed by atoms with Crippen LogP contribution in [-0.2, 0) is 0 Å². The Labute approximate surface area is 105 Å². The molecule has 1 N–H and O–H groups in total. The molecule has 0 spiro atoms. The Morgan fingerprint density at radius 2 is 1.82 bits per heavy atom. The van der Waals surface area contributed by atoms with Gasteiger partial charge in [0.05, 0.1) is 0 Å². The van der Waals surface area contributed by atoms with E-state index in [1.165, 1.54) is 24.9 Å². The van der Waals surface area contributed by atoms with E-state index in [0.29, 0.717) is 11.0 Å². The standard InChI is InChI=1S/C16H23N/c1-12-9-10-13-11-16(12,15(13,2)3)17-14-7-5-4-6-8-14/h4-8,12-13,17H,9-11H2,1-3H3. The lowest BCUT2D eigenvalue weighted by molar-refractivity contribution is -0.109. The fraction of sp³-hybridized carbons (Fsp3) is 0.625. The fourth-order valence-corrected chi connectivity index (χ4v) is 4.25. The number of para-hydroxylation sites is 1. The number of hydrogen-bond donors (Lipinski definition) is 1. The third-order valence-corrected chi connectivity index (χ3v) is 5.67. The van der Waals surface area contributed by atoms with Crippen molar-refractivity contribution in [3.63, 3.8) is 0 Å². The highest BCUT2D eigenvalue weighted by Gasteiger charge is 2.64. The molecule has 4 rings (SSSR count). The molecule has 3 unspecified atom stereocenters. The number of rotatable bonds is 2. The van der Waals surface area contributed by atoms with Crippen molar-refractivity contribution >= 4 is 5.69 Å². The van der Waals surface area contributed by atoms with Crippen molar-refractivity contribution in [1.82, 2.24) is 0 Å². The second kappa shape index (κ2) is 3.51. The van der Waals surface area contributed by atoms with Gasteiger partial charge >= 0.3 is 0 Å². The van der Waals surface area contributed by atoms with Crippen molar-refractivity contribution < 1.29 is 0 Å². The molecule has 1 heteroatoms. The van der Waals surface area contributed by atoms with Crippen LogP contribution in [0.3, 0.4) is 0 Å². The van der Waals surface area contributed by atoms with Crippen LogP contribution in [0.4, 0.5) is 5.69 Å². The van der Waals surface area contributed by atoms with Crippen molar-refractivity contribution in [2.45, 2.75) is 45.6 Å². The molecule has 1 aromatic carbocycles. The van der Waals surface area contributed by atoms with Crippen LogP contribution in [0.15, 0.2) is 30.3 Å². The molecule has 3 aliphatic carbocycles. The highest BCUT2D eigenvalue weighted by molar-refractivity contribution is 5.48. The maximum absolute atomic E-state index is 3.86. The van der Waals surface area contributed by atoms with Gasteiger partial charge in [-0.2, -0.15) is 0 Å². The molecular weight excluding hydrogens is 206 g/mol. The number of benzene rings is 1. The van der Waals surface area contributed by atoms with Gasteiger partial charge in [-0.05, 0) is 48.6 Å². The Hall–Kier alpha value is -0.980. The molecule has 17 heavy (non-hydrogen) atoms. The minimum atomic E-state index is 0.331. The predicted octanol–water partition coefficient (Wildman–Crippen LogP) is 4.31. The highest BCUT2D eigenvalue weighted by atomic mass is 15.1. The van der Waals surface area contributed by atoms with Crippen LogP contribution < -0.4 is 5.32 Å². The summed E-state index contributed by atoms with van der Waals surface area (Å²) < 4.78 is 0. The Morgan fingerprint density at radius 1 is 1.12 bits per heavy atom. The normalized spacial score (nSPS) is 38.3. The van der Waals surface area contributed by atoms with Gasteiger partial charge in [-0.25, -0.2) is 0 Å². The lowest BCUT2D eigenvalue weighted by Crippen LogP contribution is -2.70. The molecular formula is C16H23N. The molecule has 1 nitrogen and oxygen atoms in total. The van der Waals surface area contributed by atoms with Crippen LogP contribution in [-0.4, -0.2) is 5.54 Å². The Bertz CT molecular complexity index is 409. The van der Waals surface area contributed by atoms with Crippen LogP contribution in [0.5, 0.6) is 0 Å². The smallest absolute Gasteiger partial charge is 0.0455 e. The largest absolute Gasteiger partial charge is 0.379 e. The molecule has 3 saturated carbocycles. The quantitative estimate of drug-likeness (QED) is 0.796. The maximum atomic E-state index is 3.86. The van der Waals surface area contributed by atoms with Crippen LogP contribution in [0.25, 0.3) is 0 Å². The SMILES string of the molecule is CC1CCC2CC1(Nc1ccccc1)C2(C)C. The summed E-state index contributed by atoms with van der Waals surface area (Å²) in [5, 5.41) is 3.86. The Balaban J connectivity index is 1.90. The molecule has 2 bridgehead atoms. The minimum absolute atomic E-state index is 0.331. The number of anilines is 1. The van der Waals surface area contributed by atoms with E-state index in [9.17, 15) is 0 Å². The molecule has 0 heterocycles. The lowest BCUT2D eigenvalue weighted by Gasteiger charge is -2.69. The van der Waals surface area contributed by atoms with Crippen molar-refractivity contribution in [2.75, 3.05) is 5.32 Å². The molecule has 0 radical (unpaired) electrons. The maximum Gasteiger partial charge on any atom is 0.0455 e. The first kappa shape index (κ1) is 11.1. The van der Waals surface area contributed by atoms with E-state index in [-0.39, 0.29) is 0 Å². The van der Waals surface area contributed by atoms with Crippen LogP contribution >= 0.6 is 0 Å². The molecule has 92 valence electrons. The minimum Gasteiger partial charge on any atom is -0.379 e. The van der Waals surface area contributed by atoms with Crippen molar-refractivity contribution in [2.24, 2.45) is 17.3 Å². The number of nitrogens with one attached hydrogen (secondary N) is 1. The molecule has 3 fully saturated rings. The Kier molecular flexibility index (Phi) is 2.30. The third kappa shape index (κ3) is 1.38. The first-order valence-electron chi connectivity index (χ1n) is 6.89. The van der Waals surface area contributed by atoms with Gasteiger partial charge in [0, 0.05) is 11.2 Å². The van der Waals surface area contributed by atoms with Gasteiger partial charge in [-0.1, -0.05) is 39.0 Å². The van der Waals surface area contributed by atoms with E-state index in [0.717, 1.165) is 11.8 Å². The van der Waals surface area contributed by atoms with Gasteiger partial charge in [-0.15, -0.1) is 0 Å². The number of hydrogen-bond acceptors (Lipinski definition) is 1. The molecule has 3 atom stereocenters. The predicted molar refractivity (Wildman–Crippen MR) is 73.1 cm³/mol. The van der Waals surface area contributed by atoms with Crippen LogP contribution in [0, 0.1) is 17.3 Å². The molecule has 0 saturated heterocycles. The van der Waals surface area contributed by atoms with E-state index < -0.39 is 0 Å². The molecule has 0 aromatic heterocycles. The van der Waals surface area contributed by atoms with E-state index in [1.54, 1.807) is 0 Å². The zero-order chi connectivity index (χ0) is 12.1. The van der Waals surface area contributed by atoms with Gasteiger partial charge in [0.15, 0.2) is 0 Å². The van der Waals surface area contributed by atoms with E-state index in [1.807, 2.05) is 0 Å².